The summed E-state index contributed by atoms with van der Waals surface area (Å²) in [6, 6.07) is 9.56. The highest BCUT2D eigenvalue weighted by atomic mass is 15.2. The van der Waals surface area contributed by atoms with Gasteiger partial charge in [-0.2, -0.15) is 10.2 Å². The van der Waals surface area contributed by atoms with E-state index in [4.69, 9.17) is 5.73 Å². The van der Waals surface area contributed by atoms with Gasteiger partial charge in [0.1, 0.15) is 0 Å². The number of azo groups is 1. The zero-order chi connectivity index (χ0) is 13.0. The van der Waals surface area contributed by atoms with Gasteiger partial charge in [0.05, 0.1) is 11.4 Å². The number of hydrogen-bond acceptors (Lipinski definition) is 4. The second-order valence-corrected chi connectivity index (χ2v) is 4.57. The standard InChI is InChI=1S/C13H17N5/c1-9(2)8-11-12(13(14)18-16-11)17-15-10-6-4-3-5-7-10/h3-7,9H,8H2,1-2H3,(H3,14,16,18). The molecule has 2 rings (SSSR count). The summed E-state index contributed by atoms with van der Waals surface area (Å²) in [6.07, 6.45) is 0.855. The Labute approximate surface area is 106 Å². The van der Waals surface area contributed by atoms with Crippen molar-refractivity contribution >= 4 is 17.2 Å². The van der Waals surface area contributed by atoms with E-state index in [1.807, 2.05) is 30.3 Å². The lowest BCUT2D eigenvalue weighted by Crippen LogP contribution is -1.94. The van der Waals surface area contributed by atoms with Crippen LogP contribution in [0.4, 0.5) is 17.2 Å². The molecule has 0 aliphatic heterocycles. The Hall–Kier alpha value is -2.17. The maximum Gasteiger partial charge on any atom is 0.173 e. The summed E-state index contributed by atoms with van der Waals surface area (Å²) in [5, 5.41) is 15.3. The molecular formula is C13H17N5. The lowest BCUT2D eigenvalue weighted by molar-refractivity contribution is 0.634. The molecule has 1 aromatic carbocycles. The largest absolute Gasteiger partial charge is 0.380 e. The van der Waals surface area contributed by atoms with Gasteiger partial charge in [-0.1, -0.05) is 32.0 Å². The van der Waals surface area contributed by atoms with E-state index in [0.29, 0.717) is 17.4 Å². The van der Waals surface area contributed by atoms with Crippen molar-refractivity contribution in [2.24, 2.45) is 16.1 Å². The molecule has 0 fully saturated rings. The molecule has 5 nitrogen and oxygen atoms in total. The molecule has 94 valence electrons. The molecule has 3 N–H and O–H groups in total. The minimum absolute atomic E-state index is 0.394. The van der Waals surface area contributed by atoms with Gasteiger partial charge in [-0.25, -0.2) is 0 Å². The third-order valence-electron chi connectivity index (χ3n) is 2.47. The Kier molecular flexibility index (Phi) is 3.72. The fourth-order valence-corrected chi connectivity index (χ4v) is 1.65. The summed E-state index contributed by atoms with van der Waals surface area (Å²) in [5.74, 6) is 0.904. The average Bonchev–Trinajstić information content (AvgIpc) is 2.68. The number of nitrogens with two attached hydrogens (primary N) is 1. The van der Waals surface area contributed by atoms with Crippen LogP contribution in [0.25, 0.3) is 0 Å². The minimum atomic E-state index is 0.394. The van der Waals surface area contributed by atoms with E-state index in [-0.39, 0.29) is 0 Å². The fraction of sp³-hybridized carbons (Fsp3) is 0.308. The number of rotatable bonds is 4. The van der Waals surface area contributed by atoms with Crippen LogP contribution in [-0.2, 0) is 6.42 Å². The molecule has 0 radical (unpaired) electrons. The smallest absolute Gasteiger partial charge is 0.173 e. The summed E-state index contributed by atoms with van der Waals surface area (Å²) < 4.78 is 0. The van der Waals surface area contributed by atoms with Gasteiger partial charge in [-0.3, -0.25) is 5.10 Å². The molecule has 0 amide bonds. The van der Waals surface area contributed by atoms with Crippen molar-refractivity contribution in [2.45, 2.75) is 20.3 Å². The van der Waals surface area contributed by atoms with E-state index < -0.39 is 0 Å². The Bertz CT molecular complexity index is 528. The minimum Gasteiger partial charge on any atom is -0.380 e. The molecule has 18 heavy (non-hydrogen) atoms. The molecule has 0 atom stereocenters. The van der Waals surface area contributed by atoms with E-state index in [1.54, 1.807) is 0 Å². The number of nitrogens with one attached hydrogen (secondary N) is 1. The molecule has 1 heterocycles. The van der Waals surface area contributed by atoms with E-state index in [0.717, 1.165) is 17.8 Å². The molecule has 1 aromatic heterocycles. The van der Waals surface area contributed by atoms with Crippen molar-refractivity contribution < 1.29 is 0 Å². The predicted octanol–water partition coefficient (Wildman–Crippen LogP) is 3.61. The highest BCUT2D eigenvalue weighted by Crippen LogP contribution is 2.28. The molecule has 5 heteroatoms. The van der Waals surface area contributed by atoms with Gasteiger partial charge >= 0.3 is 0 Å². The van der Waals surface area contributed by atoms with Crippen LogP contribution in [0, 0.1) is 5.92 Å². The van der Waals surface area contributed by atoms with Crippen molar-refractivity contribution in [1.82, 2.24) is 10.2 Å². The van der Waals surface area contributed by atoms with Crippen LogP contribution < -0.4 is 5.73 Å². The summed E-state index contributed by atoms with van der Waals surface area (Å²) in [5.41, 5.74) is 8.16. The van der Waals surface area contributed by atoms with Crippen LogP contribution in [0.3, 0.4) is 0 Å². The number of aromatic nitrogens is 2. The van der Waals surface area contributed by atoms with Gasteiger partial charge in [0.2, 0.25) is 0 Å². The van der Waals surface area contributed by atoms with E-state index in [1.165, 1.54) is 0 Å². The number of nitrogen functional groups attached to an aromatic ring is 1. The van der Waals surface area contributed by atoms with Crippen molar-refractivity contribution in [1.29, 1.82) is 0 Å². The van der Waals surface area contributed by atoms with Crippen LogP contribution in [0.1, 0.15) is 19.5 Å². The summed E-state index contributed by atoms with van der Waals surface area (Å²) in [6.45, 7) is 4.27. The molecule has 0 aliphatic rings. The van der Waals surface area contributed by atoms with Crippen molar-refractivity contribution in [3.8, 4) is 0 Å². The fourth-order valence-electron chi connectivity index (χ4n) is 1.65. The molecule has 0 bridgehead atoms. The molecule has 0 unspecified atom stereocenters. The van der Waals surface area contributed by atoms with Crippen LogP contribution >= 0.6 is 0 Å². The van der Waals surface area contributed by atoms with Gasteiger partial charge in [-0.15, -0.1) is 5.11 Å². The molecule has 0 aliphatic carbocycles. The van der Waals surface area contributed by atoms with Crippen LogP contribution in [0.5, 0.6) is 0 Å². The molecule has 0 spiro atoms. The predicted molar refractivity (Wildman–Crippen MR) is 72.2 cm³/mol. The van der Waals surface area contributed by atoms with E-state index >= 15 is 0 Å². The van der Waals surface area contributed by atoms with Crippen molar-refractivity contribution in [2.75, 3.05) is 5.73 Å². The summed E-state index contributed by atoms with van der Waals surface area (Å²) >= 11 is 0. The lowest BCUT2D eigenvalue weighted by atomic mass is 10.1. The quantitative estimate of drug-likeness (QED) is 0.804. The highest BCUT2D eigenvalue weighted by molar-refractivity contribution is 5.60. The maximum absolute atomic E-state index is 5.79. The highest BCUT2D eigenvalue weighted by Gasteiger charge is 2.11. The zero-order valence-corrected chi connectivity index (χ0v) is 10.6. The number of aromatic amines is 1. The van der Waals surface area contributed by atoms with E-state index in [2.05, 4.69) is 34.3 Å². The summed E-state index contributed by atoms with van der Waals surface area (Å²) in [7, 11) is 0. The molecular weight excluding hydrogens is 226 g/mol. The SMILES string of the molecule is CC(C)Cc1[nH]nc(N)c1N=Nc1ccccc1. The van der Waals surface area contributed by atoms with Gasteiger partial charge in [-0.05, 0) is 24.5 Å². The van der Waals surface area contributed by atoms with Gasteiger partial charge < -0.3 is 5.73 Å². The Morgan fingerprint density at radius 2 is 1.94 bits per heavy atom. The first kappa shape index (κ1) is 12.3. The second kappa shape index (κ2) is 5.44. The lowest BCUT2D eigenvalue weighted by Gasteiger charge is -2.02. The van der Waals surface area contributed by atoms with Crippen LogP contribution in [0.2, 0.25) is 0 Å². The summed E-state index contributed by atoms with van der Waals surface area (Å²) in [4.78, 5) is 0. The Balaban J connectivity index is 2.23. The molecule has 0 saturated heterocycles. The number of anilines is 1. The first-order chi connectivity index (χ1) is 8.66. The van der Waals surface area contributed by atoms with Gasteiger partial charge in [0.15, 0.2) is 11.5 Å². The second-order valence-electron chi connectivity index (χ2n) is 4.57. The zero-order valence-electron chi connectivity index (χ0n) is 10.6. The van der Waals surface area contributed by atoms with Crippen LogP contribution in [0.15, 0.2) is 40.6 Å². The van der Waals surface area contributed by atoms with Crippen molar-refractivity contribution in [3.05, 3.63) is 36.0 Å². The Morgan fingerprint density at radius 3 is 2.61 bits per heavy atom. The third kappa shape index (κ3) is 2.94. The first-order valence-corrected chi connectivity index (χ1v) is 5.96. The number of hydrogen-bond donors (Lipinski definition) is 2. The molecule has 0 saturated carbocycles. The molecule has 2 aromatic rings. The number of nitrogens with zero attached hydrogens (tertiary/aromatic N) is 3. The average molecular weight is 243 g/mol. The topological polar surface area (TPSA) is 79.4 Å². The number of H-pyrrole nitrogens is 1. The Morgan fingerprint density at radius 1 is 1.22 bits per heavy atom. The number of benzene rings is 1. The third-order valence-corrected chi connectivity index (χ3v) is 2.47. The normalized spacial score (nSPS) is 11.5. The monoisotopic (exact) mass is 243 g/mol. The maximum atomic E-state index is 5.79. The van der Waals surface area contributed by atoms with Gasteiger partial charge in [0.25, 0.3) is 0 Å². The van der Waals surface area contributed by atoms with Gasteiger partial charge in [0, 0.05) is 0 Å². The van der Waals surface area contributed by atoms with Crippen molar-refractivity contribution in [3.63, 3.8) is 0 Å². The van der Waals surface area contributed by atoms with E-state index in [9.17, 15) is 0 Å². The first-order valence-electron chi connectivity index (χ1n) is 5.96. The van der Waals surface area contributed by atoms with Crippen LogP contribution in [-0.4, -0.2) is 10.2 Å².